The third kappa shape index (κ3) is 4.66. The zero-order chi connectivity index (χ0) is 17.5. The van der Waals surface area contributed by atoms with Crippen LogP contribution in [0.15, 0.2) is 61.2 Å². The zero-order valence-corrected chi connectivity index (χ0v) is 14.3. The molecule has 0 atom stereocenters. The van der Waals surface area contributed by atoms with E-state index in [1.165, 1.54) is 6.07 Å². The number of carbonyl (C=O) groups excluding carboxylic acids is 1. The van der Waals surface area contributed by atoms with E-state index in [9.17, 15) is 9.18 Å². The Morgan fingerprint density at radius 3 is 2.54 bits per heavy atom. The second kappa shape index (κ2) is 8.62. The second-order valence-corrected chi connectivity index (χ2v) is 5.91. The van der Waals surface area contributed by atoms with Crippen molar-refractivity contribution in [2.75, 3.05) is 25.0 Å². The van der Waals surface area contributed by atoms with Crippen molar-refractivity contribution in [1.82, 2.24) is 4.90 Å². The molecule has 0 N–H and O–H groups in total. The smallest absolute Gasteiger partial charge is 0.241 e. The van der Waals surface area contributed by atoms with Crippen molar-refractivity contribution >= 4 is 23.2 Å². The number of hydrogen-bond acceptors (Lipinski definition) is 2. The molecular weight excluding hydrogens is 327 g/mol. The highest BCUT2D eigenvalue weighted by atomic mass is 35.5. The van der Waals surface area contributed by atoms with Gasteiger partial charge in [0.05, 0.1) is 6.54 Å². The molecule has 0 saturated carbocycles. The van der Waals surface area contributed by atoms with Crippen molar-refractivity contribution in [2.24, 2.45) is 0 Å². The second-order valence-electron chi connectivity index (χ2n) is 5.50. The van der Waals surface area contributed by atoms with Gasteiger partial charge in [-0.2, -0.15) is 0 Å². The van der Waals surface area contributed by atoms with Gasteiger partial charge in [0.25, 0.3) is 0 Å². The van der Waals surface area contributed by atoms with Crippen LogP contribution in [-0.4, -0.2) is 30.9 Å². The number of benzene rings is 2. The minimum Gasteiger partial charge on any atom is -0.308 e. The number of likely N-dealkylation sites (N-methyl/N-ethyl adjacent to an activating group) is 1. The molecule has 0 aromatic heterocycles. The van der Waals surface area contributed by atoms with Crippen molar-refractivity contribution in [2.45, 2.75) is 6.54 Å². The van der Waals surface area contributed by atoms with Gasteiger partial charge in [-0.25, -0.2) is 4.39 Å². The average Bonchev–Trinajstić information content (AvgIpc) is 2.57. The normalized spacial score (nSPS) is 10.7. The van der Waals surface area contributed by atoms with E-state index in [1.54, 1.807) is 35.1 Å². The molecule has 0 aliphatic heterocycles. The van der Waals surface area contributed by atoms with Crippen LogP contribution in [0.25, 0.3) is 0 Å². The summed E-state index contributed by atoms with van der Waals surface area (Å²) >= 11 is 6.04. The Morgan fingerprint density at radius 2 is 1.92 bits per heavy atom. The molecule has 2 rings (SSSR count). The number of para-hydroxylation sites is 1. The highest BCUT2D eigenvalue weighted by Gasteiger charge is 2.18. The first-order valence-corrected chi connectivity index (χ1v) is 7.98. The van der Waals surface area contributed by atoms with E-state index < -0.39 is 0 Å². The number of carbonyl (C=O) groups is 1. The summed E-state index contributed by atoms with van der Waals surface area (Å²) in [6, 6.07) is 14.0. The maximum Gasteiger partial charge on any atom is 0.241 e. The van der Waals surface area contributed by atoms with E-state index in [-0.39, 0.29) is 24.8 Å². The summed E-state index contributed by atoms with van der Waals surface area (Å²) in [7, 11) is 1.76. The Bertz CT molecular complexity index is 686. The molecule has 2 aromatic rings. The summed E-state index contributed by atoms with van der Waals surface area (Å²) < 4.78 is 13.9. The quantitative estimate of drug-likeness (QED) is 0.704. The molecular formula is C19H20ClFN2O. The molecule has 0 bridgehead atoms. The highest BCUT2D eigenvalue weighted by Crippen LogP contribution is 2.20. The van der Waals surface area contributed by atoms with Gasteiger partial charge in [-0.1, -0.05) is 41.9 Å². The van der Waals surface area contributed by atoms with Gasteiger partial charge in [0.15, 0.2) is 0 Å². The van der Waals surface area contributed by atoms with Crippen LogP contribution in [0, 0.1) is 5.82 Å². The molecule has 3 nitrogen and oxygen atoms in total. The monoisotopic (exact) mass is 346 g/mol. The number of amides is 1. The summed E-state index contributed by atoms with van der Waals surface area (Å²) in [5.41, 5.74) is 1.20. The molecule has 0 heterocycles. The van der Waals surface area contributed by atoms with Gasteiger partial charge in [0.1, 0.15) is 5.82 Å². The number of hydrogen-bond donors (Lipinski definition) is 0. The topological polar surface area (TPSA) is 23.6 Å². The fourth-order valence-electron chi connectivity index (χ4n) is 2.41. The van der Waals surface area contributed by atoms with Gasteiger partial charge in [-0.15, -0.1) is 6.58 Å². The average molecular weight is 347 g/mol. The summed E-state index contributed by atoms with van der Waals surface area (Å²) in [6.45, 7) is 4.52. The molecule has 5 heteroatoms. The fraction of sp³-hybridized carbons (Fsp3) is 0.211. The van der Waals surface area contributed by atoms with Gasteiger partial charge >= 0.3 is 0 Å². The molecule has 2 aromatic carbocycles. The molecule has 0 fully saturated rings. The van der Waals surface area contributed by atoms with Crippen LogP contribution >= 0.6 is 11.6 Å². The summed E-state index contributed by atoms with van der Waals surface area (Å²) in [5, 5.41) is 0.361. The lowest BCUT2D eigenvalue weighted by molar-refractivity contribution is -0.119. The lowest BCUT2D eigenvalue weighted by atomic mass is 10.2. The third-order valence-corrected chi connectivity index (χ3v) is 3.93. The van der Waals surface area contributed by atoms with E-state index in [2.05, 4.69) is 6.58 Å². The van der Waals surface area contributed by atoms with Crippen LogP contribution in [0.5, 0.6) is 0 Å². The third-order valence-electron chi connectivity index (χ3n) is 3.58. The lowest BCUT2D eigenvalue weighted by Crippen LogP contribution is -2.39. The van der Waals surface area contributed by atoms with Gasteiger partial charge < -0.3 is 4.90 Å². The highest BCUT2D eigenvalue weighted by molar-refractivity contribution is 6.31. The maximum atomic E-state index is 13.9. The van der Waals surface area contributed by atoms with E-state index in [1.807, 2.05) is 30.3 Å². The van der Waals surface area contributed by atoms with Gasteiger partial charge in [0.2, 0.25) is 5.91 Å². The maximum absolute atomic E-state index is 13.9. The molecule has 0 unspecified atom stereocenters. The van der Waals surface area contributed by atoms with Crippen LogP contribution < -0.4 is 4.90 Å². The first kappa shape index (κ1) is 18.2. The Kier molecular flexibility index (Phi) is 6.53. The molecule has 0 saturated heterocycles. The lowest BCUT2D eigenvalue weighted by Gasteiger charge is -2.25. The van der Waals surface area contributed by atoms with E-state index in [0.717, 1.165) is 5.69 Å². The standard InChI is InChI=1S/C19H20ClFN2O/c1-3-12-23(15-8-5-4-6-9-15)19(24)14-22(2)13-16-17(20)10-7-11-18(16)21/h3-11H,1,12-14H2,2H3. The minimum atomic E-state index is -0.368. The number of halogens is 2. The Balaban J connectivity index is 2.08. The summed E-state index contributed by atoms with van der Waals surface area (Å²) in [5.74, 6) is -0.455. The predicted molar refractivity (Wildman–Crippen MR) is 96.7 cm³/mol. The van der Waals surface area contributed by atoms with Crippen molar-refractivity contribution in [3.8, 4) is 0 Å². The van der Waals surface area contributed by atoms with E-state index in [4.69, 9.17) is 11.6 Å². The van der Waals surface area contributed by atoms with Crippen LogP contribution in [0.2, 0.25) is 5.02 Å². The van der Waals surface area contributed by atoms with Crippen LogP contribution in [-0.2, 0) is 11.3 Å². The molecule has 0 spiro atoms. The SMILES string of the molecule is C=CCN(C(=O)CN(C)Cc1c(F)cccc1Cl)c1ccccc1. The Labute approximate surface area is 147 Å². The van der Waals surface area contributed by atoms with Crippen molar-refractivity contribution in [3.63, 3.8) is 0 Å². The Hall–Kier alpha value is -2.17. The van der Waals surface area contributed by atoms with Crippen LogP contribution in [0.1, 0.15) is 5.56 Å². The van der Waals surface area contributed by atoms with Gasteiger partial charge in [-0.3, -0.25) is 9.69 Å². The van der Waals surface area contributed by atoms with Crippen LogP contribution in [0.3, 0.4) is 0 Å². The fourth-order valence-corrected chi connectivity index (χ4v) is 2.64. The van der Waals surface area contributed by atoms with Crippen molar-refractivity contribution in [1.29, 1.82) is 0 Å². The molecule has 0 aliphatic carbocycles. The number of nitrogens with zero attached hydrogens (tertiary/aromatic N) is 2. The van der Waals surface area contributed by atoms with Crippen molar-refractivity contribution < 1.29 is 9.18 Å². The van der Waals surface area contributed by atoms with Gasteiger partial charge in [0, 0.05) is 29.4 Å². The first-order chi connectivity index (χ1) is 11.5. The van der Waals surface area contributed by atoms with Crippen molar-refractivity contribution in [3.05, 3.63) is 77.6 Å². The zero-order valence-electron chi connectivity index (χ0n) is 13.6. The molecule has 0 radical (unpaired) electrons. The molecule has 24 heavy (non-hydrogen) atoms. The first-order valence-electron chi connectivity index (χ1n) is 7.60. The summed E-state index contributed by atoms with van der Waals surface area (Å²) in [6.07, 6.45) is 1.68. The Morgan fingerprint density at radius 1 is 1.21 bits per heavy atom. The molecule has 1 amide bonds. The number of rotatable bonds is 7. The summed E-state index contributed by atoms with van der Waals surface area (Å²) in [4.78, 5) is 16.0. The van der Waals surface area contributed by atoms with Crippen LogP contribution in [0.4, 0.5) is 10.1 Å². The molecule has 126 valence electrons. The minimum absolute atomic E-state index is 0.0870. The van der Waals surface area contributed by atoms with Gasteiger partial charge in [-0.05, 0) is 31.3 Å². The number of anilines is 1. The van der Waals surface area contributed by atoms with E-state index >= 15 is 0 Å². The predicted octanol–water partition coefficient (Wildman–Crippen LogP) is 4.13. The largest absolute Gasteiger partial charge is 0.308 e. The molecule has 0 aliphatic rings. The van der Waals surface area contributed by atoms with E-state index in [0.29, 0.717) is 17.1 Å².